The van der Waals surface area contributed by atoms with Crippen LogP contribution in [0, 0.1) is 5.82 Å². The van der Waals surface area contributed by atoms with Crippen LogP contribution in [-0.2, 0) is 25.1 Å². The van der Waals surface area contributed by atoms with Gasteiger partial charge in [-0.3, -0.25) is 13.8 Å². The van der Waals surface area contributed by atoms with Crippen molar-refractivity contribution in [1.82, 2.24) is 0 Å². The standard InChI is InChI=1S/C13H16FNO4S/c1-9(6-13(17)19-2)20(18)8-12(16)15-11-5-3-4-10(14)7-11/h3-5,7,9H,6,8H2,1-2H3,(H,15,16). The Bertz CT molecular complexity index is 521. The van der Waals surface area contributed by atoms with Crippen LogP contribution in [0.4, 0.5) is 10.1 Å². The van der Waals surface area contributed by atoms with Crippen LogP contribution in [0.5, 0.6) is 0 Å². The summed E-state index contributed by atoms with van der Waals surface area (Å²) >= 11 is 0. The molecule has 5 nitrogen and oxygen atoms in total. The average molecular weight is 301 g/mol. The van der Waals surface area contributed by atoms with Gasteiger partial charge >= 0.3 is 5.97 Å². The number of halogens is 1. The minimum Gasteiger partial charge on any atom is -0.469 e. The Kier molecular flexibility index (Phi) is 6.30. The number of carbonyl (C=O) groups is 2. The third-order valence-electron chi connectivity index (χ3n) is 2.51. The van der Waals surface area contributed by atoms with Crippen LogP contribution >= 0.6 is 0 Å². The van der Waals surface area contributed by atoms with Gasteiger partial charge in [-0.25, -0.2) is 4.39 Å². The van der Waals surface area contributed by atoms with Gasteiger partial charge in [-0.2, -0.15) is 0 Å². The largest absolute Gasteiger partial charge is 0.469 e. The lowest BCUT2D eigenvalue weighted by molar-refractivity contribution is -0.140. The molecule has 0 saturated heterocycles. The maximum Gasteiger partial charge on any atom is 0.306 e. The first-order chi connectivity index (χ1) is 9.42. The Balaban J connectivity index is 2.49. The molecule has 1 aromatic carbocycles. The van der Waals surface area contributed by atoms with E-state index in [9.17, 15) is 18.2 Å². The van der Waals surface area contributed by atoms with E-state index in [4.69, 9.17) is 0 Å². The zero-order chi connectivity index (χ0) is 15.1. The summed E-state index contributed by atoms with van der Waals surface area (Å²) in [6, 6.07) is 5.41. The molecule has 0 heterocycles. The monoisotopic (exact) mass is 301 g/mol. The van der Waals surface area contributed by atoms with Crippen molar-refractivity contribution < 1.29 is 22.9 Å². The van der Waals surface area contributed by atoms with Crippen molar-refractivity contribution in [2.24, 2.45) is 0 Å². The lowest BCUT2D eigenvalue weighted by Gasteiger charge is -2.10. The van der Waals surface area contributed by atoms with Crippen molar-refractivity contribution in [1.29, 1.82) is 0 Å². The molecule has 0 fully saturated rings. The zero-order valence-corrected chi connectivity index (χ0v) is 12.0. The molecule has 1 N–H and O–H groups in total. The molecular formula is C13H16FNO4S. The highest BCUT2D eigenvalue weighted by atomic mass is 32.2. The van der Waals surface area contributed by atoms with E-state index in [1.165, 1.54) is 31.4 Å². The van der Waals surface area contributed by atoms with E-state index in [0.29, 0.717) is 5.69 Å². The fourth-order valence-electron chi connectivity index (χ4n) is 1.45. The first-order valence-corrected chi connectivity index (χ1v) is 7.30. The van der Waals surface area contributed by atoms with Gasteiger partial charge < -0.3 is 10.1 Å². The Morgan fingerprint density at radius 1 is 1.45 bits per heavy atom. The van der Waals surface area contributed by atoms with Gasteiger partial charge in [0.1, 0.15) is 11.6 Å². The number of ether oxygens (including phenoxy) is 1. The van der Waals surface area contributed by atoms with E-state index < -0.39 is 33.7 Å². The summed E-state index contributed by atoms with van der Waals surface area (Å²) in [5.74, 6) is -1.70. The van der Waals surface area contributed by atoms with Gasteiger partial charge in [-0.15, -0.1) is 0 Å². The third kappa shape index (κ3) is 5.48. The normalized spacial score (nSPS) is 13.3. The number of hydrogen-bond donors (Lipinski definition) is 1. The lowest BCUT2D eigenvalue weighted by atomic mass is 10.3. The summed E-state index contributed by atoms with van der Waals surface area (Å²) in [6.45, 7) is 1.60. The molecule has 0 aromatic heterocycles. The Morgan fingerprint density at radius 2 is 2.15 bits per heavy atom. The van der Waals surface area contributed by atoms with E-state index in [2.05, 4.69) is 10.1 Å². The molecule has 0 spiro atoms. The van der Waals surface area contributed by atoms with Crippen LogP contribution in [0.25, 0.3) is 0 Å². The summed E-state index contributed by atoms with van der Waals surface area (Å²) in [7, 11) is -0.258. The molecule has 1 amide bonds. The molecule has 2 atom stereocenters. The number of rotatable bonds is 6. The number of amides is 1. The first-order valence-electron chi connectivity index (χ1n) is 5.91. The van der Waals surface area contributed by atoms with Crippen molar-refractivity contribution in [2.75, 3.05) is 18.2 Å². The van der Waals surface area contributed by atoms with Crippen LogP contribution < -0.4 is 5.32 Å². The van der Waals surface area contributed by atoms with Gasteiger partial charge in [0.15, 0.2) is 0 Å². The molecule has 1 rings (SSSR count). The topological polar surface area (TPSA) is 72.5 Å². The molecule has 7 heteroatoms. The van der Waals surface area contributed by atoms with Crippen LogP contribution in [0.3, 0.4) is 0 Å². The number of anilines is 1. The van der Waals surface area contributed by atoms with E-state index in [0.717, 1.165) is 0 Å². The summed E-state index contributed by atoms with van der Waals surface area (Å²) < 4.78 is 29.2. The summed E-state index contributed by atoms with van der Waals surface area (Å²) in [5.41, 5.74) is 0.299. The molecule has 2 unspecified atom stereocenters. The molecule has 0 saturated carbocycles. The van der Waals surface area contributed by atoms with Gasteiger partial charge in [0.2, 0.25) is 5.91 Å². The lowest BCUT2D eigenvalue weighted by Crippen LogP contribution is -2.26. The Labute approximate surface area is 119 Å². The molecule has 0 aliphatic heterocycles. The number of methoxy groups -OCH3 is 1. The third-order valence-corrected chi connectivity index (χ3v) is 4.12. The minimum absolute atomic E-state index is 0.0175. The number of esters is 1. The minimum atomic E-state index is -1.50. The molecule has 0 aliphatic carbocycles. The predicted octanol–water partition coefficient (Wildman–Crippen LogP) is 1.46. The summed E-state index contributed by atoms with van der Waals surface area (Å²) in [5, 5.41) is 1.96. The Morgan fingerprint density at radius 3 is 2.75 bits per heavy atom. The van der Waals surface area contributed by atoms with E-state index >= 15 is 0 Å². The van der Waals surface area contributed by atoms with E-state index in [-0.39, 0.29) is 12.2 Å². The molecule has 0 aliphatic rings. The number of nitrogens with one attached hydrogen (secondary N) is 1. The molecule has 20 heavy (non-hydrogen) atoms. The van der Waals surface area contributed by atoms with Crippen molar-refractivity contribution in [3.8, 4) is 0 Å². The second-order valence-corrected chi connectivity index (χ2v) is 6.03. The number of benzene rings is 1. The summed E-state index contributed by atoms with van der Waals surface area (Å²) in [4.78, 5) is 22.7. The second kappa shape index (κ2) is 7.74. The second-order valence-electron chi connectivity index (χ2n) is 4.17. The highest BCUT2D eigenvalue weighted by Gasteiger charge is 2.18. The first kappa shape index (κ1) is 16.3. The zero-order valence-electron chi connectivity index (χ0n) is 11.2. The van der Waals surface area contributed by atoms with Crippen molar-refractivity contribution in [3.05, 3.63) is 30.1 Å². The maximum atomic E-state index is 12.9. The van der Waals surface area contributed by atoms with Crippen molar-refractivity contribution >= 4 is 28.4 Å². The molecule has 0 bridgehead atoms. The van der Waals surface area contributed by atoms with Crippen molar-refractivity contribution in [2.45, 2.75) is 18.6 Å². The number of carbonyl (C=O) groups excluding carboxylic acids is 2. The molecule has 110 valence electrons. The maximum absolute atomic E-state index is 12.9. The van der Waals surface area contributed by atoms with E-state index in [1.54, 1.807) is 6.92 Å². The summed E-state index contributed by atoms with van der Waals surface area (Å²) in [6.07, 6.45) is -0.0175. The molecular weight excluding hydrogens is 285 g/mol. The highest BCUT2D eigenvalue weighted by molar-refractivity contribution is 7.86. The quantitative estimate of drug-likeness (QED) is 0.808. The average Bonchev–Trinajstić information content (AvgIpc) is 2.38. The predicted molar refractivity (Wildman–Crippen MR) is 74.1 cm³/mol. The molecule has 0 radical (unpaired) electrons. The van der Waals surface area contributed by atoms with Gasteiger partial charge in [0.05, 0.1) is 13.5 Å². The smallest absolute Gasteiger partial charge is 0.306 e. The SMILES string of the molecule is COC(=O)CC(C)S(=O)CC(=O)Nc1cccc(F)c1. The molecule has 1 aromatic rings. The Hall–Kier alpha value is -1.76. The van der Waals surface area contributed by atoms with Gasteiger partial charge in [-0.1, -0.05) is 13.0 Å². The fraction of sp³-hybridized carbons (Fsp3) is 0.385. The van der Waals surface area contributed by atoms with Crippen LogP contribution in [-0.4, -0.2) is 34.2 Å². The van der Waals surface area contributed by atoms with E-state index in [1.807, 2.05) is 0 Å². The van der Waals surface area contributed by atoms with Gasteiger partial charge in [0, 0.05) is 21.7 Å². The van der Waals surface area contributed by atoms with Crippen LogP contribution in [0.1, 0.15) is 13.3 Å². The number of hydrogen-bond acceptors (Lipinski definition) is 4. The van der Waals surface area contributed by atoms with Crippen LogP contribution in [0.15, 0.2) is 24.3 Å². The van der Waals surface area contributed by atoms with Crippen LogP contribution in [0.2, 0.25) is 0 Å². The van der Waals surface area contributed by atoms with Crippen molar-refractivity contribution in [3.63, 3.8) is 0 Å². The fourth-order valence-corrected chi connectivity index (χ4v) is 2.38. The highest BCUT2D eigenvalue weighted by Crippen LogP contribution is 2.10. The van der Waals surface area contributed by atoms with Gasteiger partial charge in [0.25, 0.3) is 0 Å². The van der Waals surface area contributed by atoms with Gasteiger partial charge in [-0.05, 0) is 18.2 Å².